The molecule has 0 spiro atoms. The van der Waals surface area contributed by atoms with E-state index < -0.39 is 0 Å². The van der Waals surface area contributed by atoms with Gasteiger partial charge in [-0.05, 0) is 43.7 Å². The SMILES string of the molecule is CC(N)c1c2c(c[nH]c1=O)CCCC2. The lowest BCUT2D eigenvalue weighted by Gasteiger charge is -2.19. The van der Waals surface area contributed by atoms with Crippen molar-refractivity contribution in [1.29, 1.82) is 0 Å². The van der Waals surface area contributed by atoms with Crippen LogP contribution in [0.4, 0.5) is 0 Å². The van der Waals surface area contributed by atoms with Crippen molar-refractivity contribution >= 4 is 0 Å². The molecular weight excluding hydrogens is 176 g/mol. The summed E-state index contributed by atoms with van der Waals surface area (Å²) in [7, 11) is 0. The van der Waals surface area contributed by atoms with Gasteiger partial charge in [-0.3, -0.25) is 4.79 Å². The summed E-state index contributed by atoms with van der Waals surface area (Å²) in [6.07, 6.45) is 6.33. The van der Waals surface area contributed by atoms with Crippen LogP contribution >= 0.6 is 0 Å². The predicted octanol–water partition coefficient (Wildman–Crippen LogP) is 1.27. The molecule has 0 saturated carbocycles. The van der Waals surface area contributed by atoms with Crippen molar-refractivity contribution in [3.8, 4) is 0 Å². The van der Waals surface area contributed by atoms with E-state index in [0.29, 0.717) is 0 Å². The van der Waals surface area contributed by atoms with Gasteiger partial charge in [-0.2, -0.15) is 0 Å². The first kappa shape index (κ1) is 9.46. The molecule has 14 heavy (non-hydrogen) atoms. The van der Waals surface area contributed by atoms with Crippen LogP contribution in [0.3, 0.4) is 0 Å². The van der Waals surface area contributed by atoms with Gasteiger partial charge >= 0.3 is 0 Å². The first-order valence-electron chi connectivity index (χ1n) is 5.19. The minimum Gasteiger partial charge on any atom is -0.329 e. The number of hydrogen-bond donors (Lipinski definition) is 2. The van der Waals surface area contributed by atoms with Crippen LogP contribution in [0.25, 0.3) is 0 Å². The van der Waals surface area contributed by atoms with Gasteiger partial charge in [0, 0.05) is 17.8 Å². The van der Waals surface area contributed by atoms with Crippen molar-refractivity contribution in [1.82, 2.24) is 4.98 Å². The number of hydrogen-bond acceptors (Lipinski definition) is 2. The largest absolute Gasteiger partial charge is 0.329 e. The summed E-state index contributed by atoms with van der Waals surface area (Å²) < 4.78 is 0. The molecule has 1 aliphatic carbocycles. The monoisotopic (exact) mass is 192 g/mol. The lowest BCUT2D eigenvalue weighted by Crippen LogP contribution is -2.24. The van der Waals surface area contributed by atoms with Crippen LogP contribution in [0.15, 0.2) is 11.0 Å². The Kier molecular flexibility index (Phi) is 2.42. The summed E-state index contributed by atoms with van der Waals surface area (Å²) in [5, 5.41) is 0. The van der Waals surface area contributed by atoms with E-state index in [9.17, 15) is 4.79 Å². The van der Waals surface area contributed by atoms with Gasteiger partial charge in [-0.25, -0.2) is 0 Å². The molecule has 0 fully saturated rings. The Morgan fingerprint density at radius 1 is 1.43 bits per heavy atom. The molecule has 3 nitrogen and oxygen atoms in total. The summed E-state index contributed by atoms with van der Waals surface area (Å²) in [6, 6.07) is -0.160. The second kappa shape index (κ2) is 3.58. The highest BCUT2D eigenvalue weighted by atomic mass is 16.1. The Morgan fingerprint density at radius 2 is 2.14 bits per heavy atom. The molecule has 1 atom stereocenters. The molecule has 0 saturated heterocycles. The lowest BCUT2D eigenvalue weighted by atomic mass is 9.88. The zero-order valence-corrected chi connectivity index (χ0v) is 8.47. The van der Waals surface area contributed by atoms with Gasteiger partial charge in [0.05, 0.1) is 0 Å². The minimum absolute atomic E-state index is 0.0133. The third-order valence-electron chi connectivity index (χ3n) is 2.91. The van der Waals surface area contributed by atoms with Gasteiger partial charge in [0.15, 0.2) is 0 Å². The molecule has 3 N–H and O–H groups in total. The fourth-order valence-corrected chi connectivity index (χ4v) is 2.24. The number of aryl methyl sites for hydroxylation is 1. The number of aromatic nitrogens is 1. The standard InChI is InChI=1S/C11H16N2O/c1-7(12)10-9-5-3-2-4-8(9)6-13-11(10)14/h6-7H,2-5,12H2,1H3,(H,13,14). The molecule has 3 heteroatoms. The maximum Gasteiger partial charge on any atom is 0.252 e. The number of rotatable bonds is 1. The Bertz CT molecular complexity index is 393. The van der Waals surface area contributed by atoms with Gasteiger partial charge in [0.2, 0.25) is 0 Å². The van der Waals surface area contributed by atoms with Crippen molar-refractivity contribution in [2.75, 3.05) is 0 Å². The molecule has 0 aliphatic heterocycles. The Hall–Kier alpha value is -1.09. The molecule has 2 rings (SSSR count). The van der Waals surface area contributed by atoms with Crippen molar-refractivity contribution in [2.24, 2.45) is 5.73 Å². The lowest BCUT2D eigenvalue weighted by molar-refractivity contribution is 0.657. The van der Waals surface area contributed by atoms with Gasteiger partial charge in [0.1, 0.15) is 0 Å². The first-order chi connectivity index (χ1) is 6.70. The van der Waals surface area contributed by atoms with Crippen molar-refractivity contribution < 1.29 is 0 Å². The van der Waals surface area contributed by atoms with E-state index in [-0.39, 0.29) is 11.6 Å². The Balaban J connectivity index is 2.61. The van der Waals surface area contributed by atoms with Crippen LogP contribution in [-0.2, 0) is 12.8 Å². The maximum atomic E-state index is 11.6. The molecule has 1 heterocycles. The number of aromatic amines is 1. The van der Waals surface area contributed by atoms with Crippen LogP contribution in [0, 0.1) is 0 Å². The molecule has 76 valence electrons. The third-order valence-corrected chi connectivity index (χ3v) is 2.91. The fourth-order valence-electron chi connectivity index (χ4n) is 2.24. The van der Waals surface area contributed by atoms with E-state index in [1.165, 1.54) is 24.0 Å². The fraction of sp³-hybridized carbons (Fsp3) is 0.545. The van der Waals surface area contributed by atoms with E-state index in [1.54, 1.807) is 0 Å². The first-order valence-corrected chi connectivity index (χ1v) is 5.19. The Morgan fingerprint density at radius 3 is 2.86 bits per heavy atom. The van der Waals surface area contributed by atoms with Crippen LogP contribution in [0.1, 0.15) is 42.5 Å². The molecule has 1 aliphatic rings. The molecule has 0 aromatic carbocycles. The predicted molar refractivity (Wildman–Crippen MR) is 56.3 cm³/mol. The number of nitrogens with one attached hydrogen (secondary N) is 1. The van der Waals surface area contributed by atoms with Crippen molar-refractivity contribution in [2.45, 2.75) is 38.6 Å². The molecular formula is C11H16N2O. The molecule has 1 unspecified atom stereocenters. The number of H-pyrrole nitrogens is 1. The quantitative estimate of drug-likeness (QED) is 0.704. The number of fused-ring (bicyclic) bond motifs is 1. The average Bonchev–Trinajstić information content (AvgIpc) is 2.17. The van der Waals surface area contributed by atoms with Crippen LogP contribution in [0.5, 0.6) is 0 Å². The van der Waals surface area contributed by atoms with E-state index in [0.717, 1.165) is 18.4 Å². The molecule has 1 aromatic heterocycles. The summed E-state index contributed by atoms with van der Waals surface area (Å²) in [5.41, 5.74) is 9.08. The summed E-state index contributed by atoms with van der Waals surface area (Å²) >= 11 is 0. The number of nitrogens with two attached hydrogens (primary N) is 1. The van der Waals surface area contributed by atoms with Gasteiger partial charge in [-0.15, -0.1) is 0 Å². The Labute approximate surface area is 83.3 Å². The highest BCUT2D eigenvalue weighted by Gasteiger charge is 2.17. The highest BCUT2D eigenvalue weighted by molar-refractivity contribution is 5.35. The second-order valence-corrected chi connectivity index (χ2v) is 4.03. The van der Waals surface area contributed by atoms with Crippen LogP contribution in [0.2, 0.25) is 0 Å². The zero-order valence-electron chi connectivity index (χ0n) is 8.47. The zero-order chi connectivity index (χ0) is 10.1. The normalized spacial score (nSPS) is 17.6. The summed E-state index contributed by atoms with van der Waals surface area (Å²) in [5.74, 6) is 0. The number of pyridine rings is 1. The second-order valence-electron chi connectivity index (χ2n) is 4.03. The van der Waals surface area contributed by atoms with Crippen molar-refractivity contribution in [3.05, 3.63) is 33.2 Å². The van der Waals surface area contributed by atoms with E-state index >= 15 is 0 Å². The average molecular weight is 192 g/mol. The van der Waals surface area contributed by atoms with E-state index in [1.807, 2.05) is 13.1 Å². The summed E-state index contributed by atoms with van der Waals surface area (Å²) in [6.45, 7) is 1.87. The van der Waals surface area contributed by atoms with Crippen LogP contribution < -0.4 is 11.3 Å². The van der Waals surface area contributed by atoms with Gasteiger partial charge < -0.3 is 10.7 Å². The summed E-state index contributed by atoms with van der Waals surface area (Å²) in [4.78, 5) is 14.4. The molecule has 0 bridgehead atoms. The minimum atomic E-state index is -0.160. The third kappa shape index (κ3) is 1.48. The van der Waals surface area contributed by atoms with Gasteiger partial charge in [0.25, 0.3) is 5.56 Å². The molecule has 0 radical (unpaired) electrons. The van der Waals surface area contributed by atoms with Gasteiger partial charge in [-0.1, -0.05) is 0 Å². The van der Waals surface area contributed by atoms with Crippen molar-refractivity contribution in [3.63, 3.8) is 0 Å². The molecule has 1 aromatic rings. The molecule has 0 amide bonds. The topological polar surface area (TPSA) is 58.9 Å². The highest BCUT2D eigenvalue weighted by Crippen LogP contribution is 2.24. The smallest absolute Gasteiger partial charge is 0.252 e. The maximum absolute atomic E-state index is 11.6. The van der Waals surface area contributed by atoms with Crippen LogP contribution in [-0.4, -0.2) is 4.98 Å². The van der Waals surface area contributed by atoms with E-state index in [2.05, 4.69) is 4.98 Å². The van der Waals surface area contributed by atoms with E-state index in [4.69, 9.17) is 5.73 Å².